The molecule has 362 valence electrons. The number of halogens is 2. The molecule has 0 bridgehead atoms. The normalized spacial score (nSPS) is 16.5. The Labute approximate surface area is 412 Å². The van der Waals surface area contributed by atoms with Crippen LogP contribution in [0.25, 0.3) is 33.7 Å². The van der Waals surface area contributed by atoms with Gasteiger partial charge in [-0.3, -0.25) is 43.5 Å². The highest BCUT2D eigenvalue weighted by atomic mass is 35.5. The van der Waals surface area contributed by atoms with Crippen molar-refractivity contribution in [1.82, 2.24) is 10.2 Å². The van der Waals surface area contributed by atoms with Crippen molar-refractivity contribution in [2.45, 2.75) is 43.9 Å². The molecule has 0 fully saturated rings. The van der Waals surface area contributed by atoms with Crippen LogP contribution in [0.3, 0.4) is 0 Å². The number of carbonyl (C=O) groups excluding carboxylic acids is 6. The Morgan fingerprint density at radius 3 is 1.93 bits per heavy atom. The van der Waals surface area contributed by atoms with Crippen molar-refractivity contribution in [3.63, 3.8) is 0 Å². The molecule has 5 aromatic rings. The molecule has 0 aromatic heterocycles. The van der Waals surface area contributed by atoms with Crippen LogP contribution in [0.4, 0.5) is 17.1 Å². The summed E-state index contributed by atoms with van der Waals surface area (Å²) < 4.78 is 17.1. The number of phosphoric acid groups is 1. The third kappa shape index (κ3) is 11.0. The van der Waals surface area contributed by atoms with Gasteiger partial charge in [0.1, 0.15) is 11.5 Å². The first-order valence-electron chi connectivity index (χ1n) is 22.5. The van der Waals surface area contributed by atoms with E-state index >= 15 is 0 Å². The monoisotopic (exact) mass is 1010 g/mol. The number of phenols is 1. The van der Waals surface area contributed by atoms with Gasteiger partial charge < -0.3 is 30.1 Å². The van der Waals surface area contributed by atoms with Crippen LogP contribution in [0.2, 0.25) is 0 Å². The molecule has 0 saturated carbocycles. The van der Waals surface area contributed by atoms with E-state index in [1.807, 2.05) is 24.3 Å². The molecular weight excluding hydrogens is 960 g/mol. The molecule has 19 heteroatoms. The molecule has 3 aliphatic heterocycles. The van der Waals surface area contributed by atoms with Gasteiger partial charge in [0.05, 0.1) is 11.4 Å². The number of phenolic OH excluding ortho intramolecular Hbond substituents is 1. The SMILES string of the molecule is O=C(CCCCCN1C(=O)C=CC1=O)NCCC(=O)Nc1cc(/C=C/C(=O)N2C[C@@H](CCl)c3c2cc(O)c2ccccc32)ccc1/C=C/C(=O)N1C[C@@H](CCl)c2c1cc(OP(=O)(O)O)c1ccccc21. The third-order valence-corrected chi connectivity index (χ3v) is 13.6. The fourth-order valence-electron chi connectivity index (χ4n) is 9.15. The number of hydrogen-bond acceptors (Lipinski definition) is 9. The molecular formula is C51H48Cl2N5O11P. The van der Waals surface area contributed by atoms with E-state index in [1.165, 1.54) is 41.3 Å². The summed E-state index contributed by atoms with van der Waals surface area (Å²) in [7, 11) is -4.99. The van der Waals surface area contributed by atoms with Crippen molar-refractivity contribution >= 4 is 117 Å². The molecule has 16 nitrogen and oxygen atoms in total. The van der Waals surface area contributed by atoms with Gasteiger partial charge in [-0.05, 0) is 64.1 Å². The summed E-state index contributed by atoms with van der Waals surface area (Å²) in [6, 6.07) is 22.3. The number of benzene rings is 5. The Balaban J connectivity index is 0.995. The molecule has 0 saturated heterocycles. The van der Waals surface area contributed by atoms with Gasteiger partial charge >= 0.3 is 7.82 Å². The van der Waals surface area contributed by atoms with E-state index in [0.717, 1.165) is 21.4 Å². The number of alkyl halides is 2. The fraction of sp³-hybridized carbons (Fsp3) is 0.255. The van der Waals surface area contributed by atoms with Crippen molar-refractivity contribution in [1.29, 1.82) is 0 Å². The largest absolute Gasteiger partial charge is 0.524 e. The number of phosphoric ester groups is 1. The molecule has 70 heavy (non-hydrogen) atoms. The van der Waals surface area contributed by atoms with Crippen LogP contribution in [0.15, 0.2) is 103 Å². The molecule has 0 aliphatic carbocycles. The Hall–Kier alpha value is -6.81. The number of anilines is 3. The fourth-order valence-corrected chi connectivity index (χ4v) is 10.1. The number of hydrogen-bond donors (Lipinski definition) is 5. The van der Waals surface area contributed by atoms with Crippen molar-refractivity contribution in [3.05, 3.63) is 125 Å². The van der Waals surface area contributed by atoms with Crippen molar-refractivity contribution < 1.29 is 52.7 Å². The topological polar surface area (TPSA) is 223 Å². The molecule has 0 spiro atoms. The lowest BCUT2D eigenvalue weighted by Crippen LogP contribution is -2.31. The summed E-state index contributed by atoms with van der Waals surface area (Å²) in [5.41, 5.74) is 3.75. The molecule has 3 heterocycles. The van der Waals surface area contributed by atoms with Gasteiger partial charge in [0.2, 0.25) is 11.8 Å². The van der Waals surface area contributed by atoms with Gasteiger partial charge in [0.25, 0.3) is 23.6 Å². The highest BCUT2D eigenvalue weighted by molar-refractivity contribution is 7.46. The highest BCUT2D eigenvalue weighted by Crippen LogP contribution is 2.49. The average Bonchev–Trinajstić information content (AvgIpc) is 4.01. The van der Waals surface area contributed by atoms with Gasteiger partial charge in [-0.2, -0.15) is 0 Å². The van der Waals surface area contributed by atoms with Crippen LogP contribution in [0, 0.1) is 0 Å². The maximum Gasteiger partial charge on any atom is 0.524 e. The zero-order chi connectivity index (χ0) is 49.7. The van der Waals surface area contributed by atoms with Crippen LogP contribution >= 0.6 is 31.0 Å². The van der Waals surface area contributed by atoms with E-state index in [-0.39, 0.29) is 96.9 Å². The van der Waals surface area contributed by atoms with Gasteiger partial charge in [0.15, 0.2) is 0 Å². The first-order chi connectivity index (χ1) is 33.6. The predicted octanol–water partition coefficient (Wildman–Crippen LogP) is 7.87. The van der Waals surface area contributed by atoms with E-state index < -0.39 is 19.6 Å². The summed E-state index contributed by atoms with van der Waals surface area (Å²) in [5, 5.41) is 19.0. The molecule has 2 atom stereocenters. The van der Waals surface area contributed by atoms with Crippen LogP contribution in [-0.4, -0.2) is 93.2 Å². The van der Waals surface area contributed by atoms with E-state index in [4.69, 9.17) is 27.7 Å². The number of nitrogens with one attached hydrogen (secondary N) is 2. The van der Waals surface area contributed by atoms with Gasteiger partial charge in [-0.15, -0.1) is 23.2 Å². The van der Waals surface area contributed by atoms with E-state index in [9.17, 15) is 48.2 Å². The van der Waals surface area contributed by atoms with Crippen LogP contribution in [0.5, 0.6) is 11.5 Å². The summed E-state index contributed by atoms with van der Waals surface area (Å²) in [6.45, 7) is 0.758. The van der Waals surface area contributed by atoms with Crippen molar-refractivity contribution in [3.8, 4) is 11.5 Å². The van der Waals surface area contributed by atoms with Gasteiger partial charge in [0, 0.05) is 116 Å². The number of unbranched alkanes of at least 4 members (excludes halogenated alkanes) is 2. The third-order valence-electron chi connectivity index (χ3n) is 12.4. The minimum absolute atomic E-state index is 0.0226. The first kappa shape index (κ1) is 49.6. The highest BCUT2D eigenvalue weighted by Gasteiger charge is 2.36. The summed E-state index contributed by atoms with van der Waals surface area (Å²) >= 11 is 12.8. The Morgan fingerprint density at radius 2 is 1.30 bits per heavy atom. The quantitative estimate of drug-likeness (QED) is 0.0187. The number of aromatic hydroxyl groups is 1. The number of imide groups is 1. The second-order valence-electron chi connectivity index (χ2n) is 17.0. The second-order valence-corrected chi connectivity index (χ2v) is 18.8. The standard InChI is InChI=1S/C51H48Cl2N5O11P/c52-27-33-29-57(40-25-42(59)35-8-3-5-10-37(35)50(33)40)48(64)17-14-31-13-15-32(39(24-31)55-45(61)21-22-54-44(60)12-2-1-7-23-56-46(62)19-20-47(56)63)16-18-49(65)58-30-34(28-53)51-38-11-6-4-9-36(38)43(26-41(51)58)69-70(66,67)68/h3-6,8-11,13-20,24-26,33-34,59H,1-2,7,12,21-23,27-30H2,(H,54,60)(H,55,61)(H2,66,67,68)/b17-14+,18-16+/t33-,34-/m1/s1. The first-order valence-corrected chi connectivity index (χ1v) is 25.1. The Bertz CT molecular complexity index is 3060. The minimum Gasteiger partial charge on any atom is -0.507 e. The van der Waals surface area contributed by atoms with Crippen molar-refractivity contribution in [2.24, 2.45) is 0 Å². The molecule has 5 aromatic carbocycles. The maximum absolute atomic E-state index is 14.1. The number of nitrogens with zero attached hydrogens (tertiary/aromatic N) is 3. The minimum atomic E-state index is -4.99. The van der Waals surface area contributed by atoms with Gasteiger partial charge in [-0.25, -0.2) is 4.57 Å². The second kappa shape index (κ2) is 21.5. The van der Waals surface area contributed by atoms with Crippen molar-refractivity contribution in [2.75, 3.05) is 53.1 Å². The lowest BCUT2D eigenvalue weighted by molar-refractivity contribution is -0.137. The number of fused-ring (bicyclic) bond motifs is 6. The molecule has 6 amide bonds. The van der Waals surface area contributed by atoms with Crippen LogP contribution in [-0.2, 0) is 33.3 Å². The maximum atomic E-state index is 14.1. The predicted molar refractivity (Wildman–Crippen MR) is 269 cm³/mol. The van der Waals surface area contributed by atoms with Gasteiger partial charge in [-0.1, -0.05) is 67.1 Å². The summed E-state index contributed by atoms with van der Waals surface area (Å²) in [5.74, 6) is -2.43. The number of rotatable bonds is 18. The average molecular weight is 1010 g/mol. The Kier molecular flexibility index (Phi) is 15.2. The number of amides is 6. The number of carbonyl (C=O) groups is 6. The van der Waals surface area contributed by atoms with Crippen LogP contribution < -0.4 is 25.0 Å². The lowest BCUT2D eigenvalue weighted by Gasteiger charge is -2.18. The zero-order valence-corrected chi connectivity index (χ0v) is 40.0. The molecule has 8 rings (SSSR count). The van der Waals surface area contributed by atoms with Crippen LogP contribution in [0.1, 0.15) is 66.2 Å². The molecule has 0 unspecified atom stereocenters. The molecule has 3 aliphatic rings. The Morgan fingerprint density at radius 1 is 0.714 bits per heavy atom. The van der Waals surface area contributed by atoms with E-state index in [0.29, 0.717) is 64.5 Å². The molecule has 5 N–H and O–H groups in total. The molecule has 0 radical (unpaired) electrons. The smallest absolute Gasteiger partial charge is 0.507 e. The summed E-state index contributed by atoms with van der Waals surface area (Å²) in [4.78, 5) is 101. The van der Waals surface area contributed by atoms with E-state index in [1.54, 1.807) is 59.5 Å². The summed E-state index contributed by atoms with van der Waals surface area (Å²) in [6.07, 6.45) is 10.00. The van der Waals surface area contributed by atoms with E-state index in [2.05, 4.69) is 10.6 Å². The lowest BCUT2D eigenvalue weighted by atomic mass is 9.95. The zero-order valence-electron chi connectivity index (χ0n) is 37.6.